The van der Waals surface area contributed by atoms with Crippen LogP contribution in [0.4, 0.5) is 5.82 Å². The fraction of sp³-hybridized carbons (Fsp3) is 0.625. The standard InChI is InChI=1S/C16H24N5O2SSi/c1-16(2,3)12(23-25(4)5)11-9(6-24)15(22-11)21-8-20-10-13(17)18-7-19-14(10)21/h6-9,11-12,15H,1-5H3,(H2,17,18,19)/t9-,11+,12?,15-/m1/s1. The highest BCUT2D eigenvalue weighted by Crippen LogP contribution is 2.44. The maximum atomic E-state index is 6.26. The molecule has 9 heteroatoms. The van der Waals surface area contributed by atoms with Crippen LogP contribution in [0.3, 0.4) is 0 Å². The van der Waals surface area contributed by atoms with Gasteiger partial charge >= 0.3 is 0 Å². The summed E-state index contributed by atoms with van der Waals surface area (Å²) in [6, 6.07) is 0. The molecule has 3 heterocycles. The second-order valence-corrected chi connectivity index (χ2v) is 9.92. The lowest BCUT2D eigenvalue weighted by molar-refractivity contribution is -0.240. The molecule has 1 fully saturated rings. The van der Waals surface area contributed by atoms with Crippen molar-refractivity contribution in [2.75, 3.05) is 5.73 Å². The summed E-state index contributed by atoms with van der Waals surface area (Å²) in [5.41, 5.74) is 7.06. The molecule has 7 nitrogen and oxygen atoms in total. The number of thiocarbonyl (C=S) groups is 1. The number of aromatic nitrogens is 4. The van der Waals surface area contributed by atoms with Gasteiger partial charge in [-0.2, -0.15) is 0 Å². The fourth-order valence-corrected chi connectivity index (χ4v) is 4.42. The number of rotatable bonds is 5. The van der Waals surface area contributed by atoms with Crippen molar-refractivity contribution in [3.05, 3.63) is 12.7 Å². The summed E-state index contributed by atoms with van der Waals surface area (Å²) in [7, 11) is -0.862. The Morgan fingerprint density at radius 2 is 2.08 bits per heavy atom. The number of fused-ring (bicyclic) bond motifs is 1. The van der Waals surface area contributed by atoms with Crippen LogP contribution >= 0.6 is 12.2 Å². The molecule has 4 atom stereocenters. The zero-order valence-corrected chi connectivity index (χ0v) is 16.9. The Morgan fingerprint density at radius 3 is 2.68 bits per heavy atom. The molecule has 1 radical (unpaired) electrons. The van der Waals surface area contributed by atoms with Crippen LogP contribution in [0.5, 0.6) is 0 Å². The Labute approximate surface area is 154 Å². The quantitative estimate of drug-likeness (QED) is 0.632. The summed E-state index contributed by atoms with van der Waals surface area (Å²) < 4.78 is 14.4. The van der Waals surface area contributed by atoms with Crippen LogP contribution in [0.1, 0.15) is 27.0 Å². The van der Waals surface area contributed by atoms with E-state index in [9.17, 15) is 0 Å². The van der Waals surface area contributed by atoms with Gasteiger partial charge < -0.3 is 14.9 Å². The van der Waals surface area contributed by atoms with Crippen molar-refractivity contribution in [2.24, 2.45) is 11.3 Å². The third-order valence-electron chi connectivity index (χ3n) is 4.34. The number of nitrogens with zero attached hydrogens (tertiary/aromatic N) is 4. The van der Waals surface area contributed by atoms with Gasteiger partial charge in [0.2, 0.25) is 9.04 Å². The van der Waals surface area contributed by atoms with E-state index < -0.39 is 9.04 Å². The summed E-state index contributed by atoms with van der Waals surface area (Å²) in [5.74, 6) is 0.396. The van der Waals surface area contributed by atoms with Gasteiger partial charge in [-0.15, -0.1) is 0 Å². The summed E-state index contributed by atoms with van der Waals surface area (Å²) in [4.78, 5) is 12.6. The first-order valence-electron chi connectivity index (χ1n) is 8.24. The summed E-state index contributed by atoms with van der Waals surface area (Å²) in [5, 5.41) is 1.77. The van der Waals surface area contributed by atoms with E-state index in [0.29, 0.717) is 17.0 Å². The minimum atomic E-state index is -0.862. The average molecular weight is 379 g/mol. The molecule has 25 heavy (non-hydrogen) atoms. The molecule has 1 aliphatic heterocycles. The average Bonchev–Trinajstić information content (AvgIpc) is 2.90. The van der Waals surface area contributed by atoms with Crippen LogP contribution in [0.2, 0.25) is 13.1 Å². The van der Waals surface area contributed by atoms with E-state index in [-0.39, 0.29) is 29.8 Å². The van der Waals surface area contributed by atoms with Gasteiger partial charge in [-0.25, -0.2) is 15.0 Å². The molecule has 0 spiro atoms. The van der Waals surface area contributed by atoms with Crippen molar-refractivity contribution < 1.29 is 9.16 Å². The first kappa shape index (κ1) is 18.4. The van der Waals surface area contributed by atoms with Crippen LogP contribution in [0.25, 0.3) is 11.2 Å². The van der Waals surface area contributed by atoms with Gasteiger partial charge in [0.1, 0.15) is 18.1 Å². The van der Waals surface area contributed by atoms with Gasteiger partial charge in [0.25, 0.3) is 0 Å². The number of nitrogens with two attached hydrogens (primary N) is 1. The van der Waals surface area contributed by atoms with Crippen molar-refractivity contribution in [3.63, 3.8) is 0 Å². The van der Waals surface area contributed by atoms with Crippen molar-refractivity contribution in [3.8, 4) is 0 Å². The minimum absolute atomic E-state index is 0.0219. The first-order chi connectivity index (χ1) is 11.7. The molecular formula is C16H24N5O2SSi. The lowest BCUT2D eigenvalue weighted by Crippen LogP contribution is -2.57. The van der Waals surface area contributed by atoms with Gasteiger partial charge in [0.05, 0.1) is 24.5 Å². The molecule has 1 aliphatic rings. The predicted molar refractivity (Wildman–Crippen MR) is 103 cm³/mol. The van der Waals surface area contributed by atoms with E-state index in [1.165, 1.54) is 6.33 Å². The van der Waals surface area contributed by atoms with E-state index in [1.54, 1.807) is 11.7 Å². The highest BCUT2D eigenvalue weighted by molar-refractivity contribution is 7.79. The molecule has 0 bridgehead atoms. The maximum Gasteiger partial charge on any atom is 0.205 e. The molecule has 0 aromatic carbocycles. The maximum absolute atomic E-state index is 6.26. The molecule has 2 N–H and O–H groups in total. The molecule has 1 unspecified atom stereocenters. The second kappa shape index (κ2) is 6.71. The van der Waals surface area contributed by atoms with Crippen LogP contribution < -0.4 is 5.73 Å². The summed E-state index contributed by atoms with van der Waals surface area (Å²) >= 11 is 5.31. The van der Waals surface area contributed by atoms with Crippen LogP contribution in [-0.2, 0) is 9.16 Å². The molecule has 2 aromatic heterocycles. The Hall–Kier alpha value is -1.42. The highest BCUT2D eigenvalue weighted by Gasteiger charge is 2.50. The lowest BCUT2D eigenvalue weighted by Gasteiger charge is -2.50. The zero-order valence-electron chi connectivity index (χ0n) is 15.1. The lowest BCUT2D eigenvalue weighted by atomic mass is 9.78. The predicted octanol–water partition coefficient (Wildman–Crippen LogP) is 2.60. The zero-order chi connectivity index (χ0) is 18.4. The largest absolute Gasteiger partial charge is 0.411 e. The van der Waals surface area contributed by atoms with Crippen molar-refractivity contribution in [2.45, 2.75) is 52.3 Å². The summed E-state index contributed by atoms with van der Waals surface area (Å²) in [6.07, 6.45) is 2.76. The topological polar surface area (TPSA) is 88.1 Å². The normalized spacial score (nSPS) is 25.1. The van der Waals surface area contributed by atoms with E-state index >= 15 is 0 Å². The molecule has 3 rings (SSSR count). The molecule has 2 aromatic rings. The molecule has 0 aliphatic carbocycles. The van der Waals surface area contributed by atoms with Crippen molar-refractivity contribution in [1.82, 2.24) is 19.5 Å². The molecule has 135 valence electrons. The molecular weight excluding hydrogens is 354 g/mol. The van der Waals surface area contributed by atoms with E-state index in [0.717, 1.165) is 0 Å². The van der Waals surface area contributed by atoms with E-state index in [2.05, 4.69) is 48.8 Å². The van der Waals surface area contributed by atoms with Crippen molar-refractivity contribution >= 4 is 43.6 Å². The monoisotopic (exact) mass is 378 g/mol. The number of nitrogen functional groups attached to an aromatic ring is 1. The van der Waals surface area contributed by atoms with Crippen molar-refractivity contribution in [1.29, 1.82) is 0 Å². The van der Waals surface area contributed by atoms with Gasteiger partial charge in [-0.3, -0.25) is 4.57 Å². The third-order valence-corrected chi connectivity index (χ3v) is 5.38. The number of anilines is 1. The van der Waals surface area contributed by atoms with Gasteiger partial charge in [-0.05, 0) is 23.9 Å². The Kier molecular flexibility index (Phi) is 4.93. The van der Waals surface area contributed by atoms with Crippen LogP contribution in [-0.4, -0.2) is 46.1 Å². The molecule has 1 saturated heterocycles. The summed E-state index contributed by atoms with van der Waals surface area (Å²) in [6.45, 7) is 10.8. The second-order valence-electron chi connectivity index (χ2n) is 7.60. The van der Waals surface area contributed by atoms with Crippen LogP contribution in [0, 0.1) is 11.3 Å². The molecule has 0 amide bonds. The molecule has 0 saturated carbocycles. The number of imidazole rings is 1. The Morgan fingerprint density at radius 1 is 1.36 bits per heavy atom. The first-order valence-corrected chi connectivity index (χ1v) is 11.1. The smallest absolute Gasteiger partial charge is 0.205 e. The highest BCUT2D eigenvalue weighted by atomic mass is 32.1. The Balaban J connectivity index is 1.89. The minimum Gasteiger partial charge on any atom is -0.411 e. The van der Waals surface area contributed by atoms with Crippen LogP contribution in [0.15, 0.2) is 12.7 Å². The third kappa shape index (κ3) is 3.33. The van der Waals surface area contributed by atoms with E-state index in [4.69, 9.17) is 27.1 Å². The van der Waals surface area contributed by atoms with Gasteiger partial charge in [0, 0.05) is 0 Å². The number of hydrogen-bond donors (Lipinski definition) is 1. The number of hydrogen-bond acceptors (Lipinski definition) is 7. The van der Waals surface area contributed by atoms with Gasteiger partial charge in [0.15, 0.2) is 11.5 Å². The SMILES string of the molecule is C[Si](C)OC([C@H]1O[C@@H](n2cnc3c(N)ncnc32)[C@@H]1C=S)C(C)(C)C. The van der Waals surface area contributed by atoms with Gasteiger partial charge in [-0.1, -0.05) is 33.0 Å². The fourth-order valence-electron chi connectivity index (χ4n) is 3.13. The number of ether oxygens (including phenoxy) is 1. The van der Waals surface area contributed by atoms with E-state index in [1.807, 2.05) is 4.57 Å². The Bertz CT molecular complexity index is 775.